The highest BCUT2D eigenvalue weighted by Gasteiger charge is 2.19. The van der Waals surface area contributed by atoms with Crippen LogP contribution in [-0.4, -0.2) is 32.7 Å². The molecule has 0 saturated heterocycles. The van der Waals surface area contributed by atoms with Crippen LogP contribution < -0.4 is 11.1 Å². The summed E-state index contributed by atoms with van der Waals surface area (Å²) in [5, 5.41) is 13.8. The summed E-state index contributed by atoms with van der Waals surface area (Å²) >= 11 is 0. The highest BCUT2D eigenvalue weighted by Crippen LogP contribution is 2.12. The van der Waals surface area contributed by atoms with Gasteiger partial charge in [-0.2, -0.15) is 4.80 Å². The van der Waals surface area contributed by atoms with Gasteiger partial charge in [0, 0.05) is 6.54 Å². The van der Waals surface area contributed by atoms with Crippen molar-refractivity contribution in [2.75, 3.05) is 11.9 Å². The van der Waals surface area contributed by atoms with Crippen LogP contribution in [0.15, 0.2) is 0 Å². The second kappa shape index (κ2) is 5.55. The number of carbonyl (C=O) groups excluding carboxylic acids is 1. The fraction of sp³-hybridized carbons (Fsp3) is 0.778. The number of aryl methyl sites for hydroxylation is 1. The molecule has 1 rings (SSSR count). The van der Waals surface area contributed by atoms with Crippen LogP contribution >= 0.6 is 0 Å². The minimum absolute atomic E-state index is 0.149. The molecular weight excluding hydrogens is 208 g/mol. The summed E-state index contributed by atoms with van der Waals surface area (Å²) < 4.78 is 0. The van der Waals surface area contributed by atoms with Crippen LogP contribution in [0.5, 0.6) is 0 Å². The van der Waals surface area contributed by atoms with Crippen molar-refractivity contribution in [3.63, 3.8) is 0 Å². The number of rotatable bonds is 5. The van der Waals surface area contributed by atoms with Crippen molar-refractivity contribution in [2.45, 2.75) is 20.3 Å². The zero-order valence-electron chi connectivity index (χ0n) is 9.84. The number of hydrogen-bond donors (Lipinski definition) is 2. The first-order chi connectivity index (χ1) is 7.52. The molecule has 7 nitrogen and oxygen atoms in total. The van der Waals surface area contributed by atoms with E-state index in [4.69, 9.17) is 5.73 Å². The average molecular weight is 226 g/mol. The number of tetrazole rings is 1. The van der Waals surface area contributed by atoms with Crippen LogP contribution in [0.2, 0.25) is 0 Å². The summed E-state index contributed by atoms with van der Waals surface area (Å²) in [4.78, 5) is 13.1. The summed E-state index contributed by atoms with van der Waals surface area (Å²) in [6, 6.07) is 0. The van der Waals surface area contributed by atoms with E-state index in [1.54, 1.807) is 7.05 Å². The minimum atomic E-state index is -0.205. The SMILES string of the molecule is CC(C)CC(CN)C(=O)Nc1nnn(C)n1. The lowest BCUT2D eigenvalue weighted by Gasteiger charge is -2.15. The maximum Gasteiger partial charge on any atom is 0.270 e. The van der Waals surface area contributed by atoms with Gasteiger partial charge in [0.15, 0.2) is 0 Å². The molecular formula is C9H18N6O. The first-order valence-corrected chi connectivity index (χ1v) is 5.27. The van der Waals surface area contributed by atoms with Gasteiger partial charge in [-0.1, -0.05) is 18.9 Å². The number of anilines is 1. The van der Waals surface area contributed by atoms with Gasteiger partial charge in [-0.15, -0.1) is 5.10 Å². The molecule has 1 unspecified atom stereocenters. The van der Waals surface area contributed by atoms with Crippen molar-refractivity contribution in [1.29, 1.82) is 0 Å². The Balaban J connectivity index is 2.55. The van der Waals surface area contributed by atoms with Crippen molar-refractivity contribution >= 4 is 11.9 Å². The molecule has 90 valence electrons. The van der Waals surface area contributed by atoms with Crippen LogP contribution in [0.25, 0.3) is 0 Å². The lowest BCUT2D eigenvalue weighted by molar-refractivity contribution is -0.120. The average Bonchev–Trinajstić information content (AvgIpc) is 2.60. The van der Waals surface area contributed by atoms with Crippen LogP contribution in [-0.2, 0) is 11.8 Å². The van der Waals surface area contributed by atoms with Crippen LogP contribution in [0.4, 0.5) is 5.95 Å². The number of aromatic nitrogens is 4. The molecule has 1 aromatic rings. The van der Waals surface area contributed by atoms with Crippen molar-refractivity contribution < 1.29 is 4.79 Å². The molecule has 0 saturated carbocycles. The van der Waals surface area contributed by atoms with Gasteiger partial charge >= 0.3 is 0 Å². The van der Waals surface area contributed by atoms with E-state index in [9.17, 15) is 4.79 Å². The molecule has 0 aliphatic carbocycles. The Labute approximate surface area is 94.4 Å². The number of nitrogens with one attached hydrogen (secondary N) is 1. The van der Waals surface area contributed by atoms with E-state index in [-0.39, 0.29) is 17.8 Å². The Morgan fingerprint density at radius 2 is 2.25 bits per heavy atom. The zero-order chi connectivity index (χ0) is 12.1. The lowest BCUT2D eigenvalue weighted by Crippen LogP contribution is -2.30. The van der Waals surface area contributed by atoms with E-state index in [1.165, 1.54) is 4.80 Å². The Morgan fingerprint density at radius 1 is 1.56 bits per heavy atom. The van der Waals surface area contributed by atoms with Gasteiger partial charge in [0.25, 0.3) is 5.95 Å². The molecule has 3 N–H and O–H groups in total. The quantitative estimate of drug-likeness (QED) is 0.722. The minimum Gasteiger partial charge on any atom is -0.330 e. The maximum absolute atomic E-state index is 11.8. The van der Waals surface area contributed by atoms with E-state index in [1.807, 2.05) is 0 Å². The van der Waals surface area contributed by atoms with E-state index in [0.717, 1.165) is 6.42 Å². The molecule has 7 heteroatoms. The highest BCUT2D eigenvalue weighted by atomic mass is 16.2. The summed E-state index contributed by atoms with van der Waals surface area (Å²) in [7, 11) is 1.64. The van der Waals surface area contributed by atoms with E-state index < -0.39 is 0 Å². The van der Waals surface area contributed by atoms with Gasteiger partial charge in [-0.05, 0) is 17.6 Å². The predicted molar refractivity (Wildman–Crippen MR) is 59.4 cm³/mol. The van der Waals surface area contributed by atoms with Gasteiger partial charge in [0.2, 0.25) is 5.91 Å². The van der Waals surface area contributed by atoms with Gasteiger partial charge in [-0.25, -0.2) is 0 Å². The second-order valence-electron chi connectivity index (χ2n) is 4.15. The molecule has 0 aromatic carbocycles. The van der Waals surface area contributed by atoms with E-state index >= 15 is 0 Å². The molecule has 1 aromatic heterocycles. The van der Waals surface area contributed by atoms with Crippen LogP contribution in [0, 0.1) is 11.8 Å². The molecule has 0 bridgehead atoms. The summed E-state index contributed by atoms with van der Waals surface area (Å²) in [5.41, 5.74) is 5.56. The third kappa shape index (κ3) is 3.58. The fourth-order valence-corrected chi connectivity index (χ4v) is 1.43. The summed E-state index contributed by atoms with van der Waals surface area (Å²) in [6.45, 7) is 4.43. The molecule has 1 heterocycles. The summed E-state index contributed by atoms with van der Waals surface area (Å²) in [6.07, 6.45) is 0.753. The maximum atomic E-state index is 11.8. The number of nitrogens with two attached hydrogens (primary N) is 1. The molecule has 1 amide bonds. The van der Waals surface area contributed by atoms with E-state index in [2.05, 4.69) is 34.6 Å². The van der Waals surface area contributed by atoms with Crippen molar-refractivity contribution in [3.05, 3.63) is 0 Å². The predicted octanol–water partition coefficient (Wildman–Crippen LogP) is -0.230. The molecule has 0 radical (unpaired) electrons. The van der Waals surface area contributed by atoms with Gasteiger partial charge in [0.05, 0.1) is 13.0 Å². The summed E-state index contributed by atoms with van der Waals surface area (Å²) in [5.74, 6) is 0.289. The number of hydrogen-bond acceptors (Lipinski definition) is 5. The Hall–Kier alpha value is -1.50. The van der Waals surface area contributed by atoms with Crippen molar-refractivity contribution in [1.82, 2.24) is 20.2 Å². The first-order valence-electron chi connectivity index (χ1n) is 5.27. The van der Waals surface area contributed by atoms with Gasteiger partial charge < -0.3 is 5.73 Å². The molecule has 1 atom stereocenters. The Kier molecular flexibility index (Phi) is 4.36. The number of nitrogens with zero attached hydrogens (tertiary/aromatic N) is 4. The monoisotopic (exact) mass is 226 g/mol. The second-order valence-corrected chi connectivity index (χ2v) is 4.15. The third-order valence-corrected chi connectivity index (χ3v) is 2.15. The van der Waals surface area contributed by atoms with Crippen LogP contribution in [0.1, 0.15) is 20.3 Å². The Morgan fingerprint density at radius 3 is 2.69 bits per heavy atom. The molecule has 0 aliphatic rings. The van der Waals surface area contributed by atoms with Crippen molar-refractivity contribution in [2.24, 2.45) is 24.6 Å². The third-order valence-electron chi connectivity index (χ3n) is 2.15. The number of carbonyl (C=O) groups is 1. The van der Waals surface area contributed by atoms with Gasteiger partial charge in [0.1, 0.15) is 0 Å². The molecule has 0 fully saturated rings. The van der Waals surface area contributed by atoms with E-state index in [0.29, 0.717) is 12.5 Å². The standard InChI is InChI=1S/C9H18N6O/c1-6(2)4-7(5-10)8(16)11-9-12-14-15(3)13-9/h6-7H,4-5,10H2,1-3H3,(H,11,13,16). The van der Waals surface area contributed by atoms with Gasteiger partial charge in [-0.3, -0.25) is 10.1 Å². The fourth-order valence-electron chi connectivity index (χ4n) is 1.43. The van der Waals surface area contributed by atoms with Crippen LogP contribution in [0.3, 0.4) is 0 Å². The Bertz CT molecular complexity index is 348. The normalized spacial score (nSPS) is 12.8. The largest absolute Gasteiger partial charge is 0.330 e. The number of amides is 1. The molecule has 0 aliphatic heterocycles. The molecule has 0 spiro atoms. The molecule has 16 heavy (non-hydrogen) atoms. The smallest absolute Gasteiger partial charge is 0.270 e. The lowest BCUT2D eigenvalue weighted by atomic mass is 9.96. The van der Waals surface area contributed by atoms with Crippen molar-refractivity contribution in [3.8, 4) is 0 Å². The highest BCUT2D eigenvalue weighted by molar-refractivity contribution is 5.90. The zero-order valence-corrected chi connectivity index (χ0v) is 9.84. The first kappa shape index (κ1) is 12.6. The topological polar surface area (TPSA) is 98.7 Å².